The monoisotopic (exact) mass is 231 g/mol. The number of pyridine rings is 1. The number of hydrogen-bond acceptors (Lipinski definition) is 4. The van der Waals surface area contributed by atoms with Gasteiger partial charge in [-0.15, -0.1) is 0 Å². The highest BCUT2D eigenvalue weighted by molar-refractivity contribution is 5.54. The number of rotatable bonds is 1. The van der Waals surface area contributed by atoms with Crippen LogP contribution in [-0.4, -0.2) is 15.1 Å². The molecule has 0 saturated carbocycles. The van der Waals surface area contributed by atoms with Crippen LogP contribution >= 0.6 is 0 Å². The Kier molecular flexibility index (Phi) is 2.26. The summed E-state index contributed by atoms with van der Waals surface area (Å²) in [4.78, 5) is 16.2. The second-order valence-corrected chi connectivity index (χ2v) is 2.84. The maximum absolute atomic E-state index is 12.6. The highest BCUT2D eigenvalue weighted by Crippen LogP contribution is 2.34. The van der Waals surface area contributed by atoms with E-state index in [0.29, 0.717) is 0 Å². The first-order valence-electron chi connectivity index (χ1n) is 4.07. The molecule has 0 saturated heterocycles. The molecule has 0 unspecified atom stereocenters. The Balaban J connectivity index is 2.61. The highest BCUT2D eigenvalue weighted by atomic mass is 19.4. The molecule has 2 rings (SSSR count). The van der Waals surface area contributed by atoms with E-state index < -0.39 is 23.2 Å². The van der Waals surface area contributed by atoms with E-state index in [-0.39, 0.29) is 5.82 Å². The molecule has 2 aromatic heterocycles. The fraction of sp³-hybridized carbons (Fsp3) is 0.125. The van der Waals surface area contributed by atoms with Gasteiger partial charge in [-0.3, -0.25) is 14.5 Å². The molecular formula is C8H4F3N3O2. The summed E-state index contributed by atoms with van der Waals surface area (Å²) in [5.41, 5.74) is -1.46. The number of H-pyrrole nitrogens is 1. The molecule has 0 aliphatic heterocycles. The standard InChI is InChI=1S/C8H4F3N3O2/c9-8(10,11)4-2-1-3-12-5(4)6-13-7(15)16-14-6/h1-3H,(H,13,14,15). The molecule has 0 bridgehead atoms. The Labute approximate surface area is 85.9 Å². The average molecular weight is 231 g/mol. The zero-order chi connectivity index (χ0) is 11.8. The van der Waals surface area contributed by atoms with E-state index in [4.69, 9.17) is 0 Å². The lowest BCUT2D eigenvalue weighted by atomic mass is 10.2. The molecule has 0 spiro atoms. The van der Waals surface area contributed by atoms with Gasteiger partial charge in [0.2, 0.25) is 5.82 Å². The van der Waals surface area contributed by atoms with Crippen LogP contribution in [0.15, 0.2) is 27.6 Å². The second kappa shape index (κ2) is 3.47. The lowest BCUT2D eigenvalue weighted by Crippen LogP contribution is -2.09. The Morgan fingerprint density at radius 2 is 2.12 bits per heavy atom. The maximum atomic E-state index is 12.6. The van der Waals surface area contributed by atoms with Crippen LogP contribution in [0.5, 0.6) is 0 Å². The molecule has 16 heavy (non-hydrogen) atoms. The molecule has 0 radical (unpaired) electrons. The van der Waals surface area contributed by atoms with Crippen LogP contribution in [0.2, 0.25) is 0 Å². The van der Waals surface area contributed by atoms with E-state index >= 15 is 0 Å². The Bertz CT molecular complexity index is 558. The summed E-state index contributed by atoms with van der Waals surface area (Å²) in [6.07, 6.45) is -3.41. The smallest absolute Gasteiger partial charge is 0.296 e. The lowest BCUT2D eigenvalue weighted by molar-refractivity contribution is -0.137. The molecule has 5 nitrogen and oxygen atoms in total. The molecule has 0 fully saturated rings. The average Bonchev–Trinajstić information content (AvgIpc) is 2.64. The molecular weight excluding hydrogens is 227 g/mol. The third-order valence-electron chi connectivity index (χ3n) is 1.78. The van der Waals surface area contributed by atoms with Gasteiger partial charge in [-0.25, -0.2) is 4.79 Å². The minimum absolute atomic E-state index is 0.349. The number of alkyl halides is 3. The van der Waals surface area contributed by atoms with Crippen LogP contribution in [0.4, 0.5) is 13.2 Å². The van der Waals surface area contributed by atoms with Gasteiger partial charge in [0.1, 0.15) is 5.69 Å². The molecule has 0 atom stereocenters. The van der Waals surface area contributed by atoms with Crippen molar-refractivity contribution in [3.05, 3.63) is 34.4 Å². The van der Waals surface area contributed by atoms with Crippen molar-refractivity contribution in [1.82, 2.24) is 15.1 Å². The Morgan fingerprint density at radius 3 is 2.69 bits per heavy atom. The third-order valence-corrected chi connectivity index (χ3v) is 1.78. The van der Waals surface area contributed by atoms with Crippen molar-refractivity contribution >= 4 is 0 Å². The third kappa shape index (κ3) is 1.81. The van der Waals surface area contributed by atoms with Crippen molar-refractivity contribution in [1.29, 1.82) is 0 Å². The quantitative estimate of drug-likeness (QED) is 0.806. The minimum atomic E-state index is -4.57. The van der Waals surface area contributed by atoms with Crippen molar-refractivity contribution < 1.29 is 17.7 Å². The van der Waals surface area contributed by atoms with Gasteiger partial charge >= 0.3 is 11.9 Å². The first-order valence-corrected chi connectivity index (χ1v) is 4.07. The largest absolute Gasteiger partial charge is 0.439 e. The van der Waals surface area contributed by atoms with Crippen molar-refractivity contribution in [3.8, 4) is 11.5 Å². The number of aromatic amines is 1. The van der Waals surface area contributed by atoms with Crippen molar-refractivity contribution in [2.45, 2.75) is 6.18 Å². The van der Waals surface area contributed by atoms with E-state index in [1.54, 1.807) is 0 Å². The summed E-state index contributed by atoms with van der Waals surface area (Å²) in [5.74, 6) is -1.29. The summed E-state index contributed by atoms with van der Waals surface area (Å²) in [6.45, 7) is 0. The van der Waals surface area contributed by atoms with Gasteiger partial charge in [-0.05, 0) is 12.1 Å². The van der Waals surface area contributed by atoms with Crippen LogP contribution in [0, 0.1) is 0 Å². The Hall–Kier alpha value is -2.12. The van der Waals surface area contributed by atoms with Crippen molar-refractivity contribution in [2.24, 2.45) is 0 Å². The van der Waals surface area contributed by atoms with E-state index in [0.717, 1.165) is 18.3 Å². The number of halogens is 3. The molecule has 0 aliphatic rings. The van der Waals surface area contributed by atoms with Gasteiger partial charge in [-0.1, -0.05) is 5.16 Å². The normalized spacial score (nSPS) is 11.7. The van der Waals surface area contributed by atoms with Crippen LogP contribution in [-0.2, 0) is 6.18 Å². The van der Waals surface area contributed by atoms with Gasteiger partial charge in [0.25, 0.3) is 0 Å². The summed E-state index contributed by atoms with van der Waals surface area (Å²) in [6, 6.07) is 1.99. The van der Waals surface area contributed by atoms with E-state index in [2.05, 4.69) is 14.7 Å². The second-order valence-electron chi connectivity index (χ2n) is 2.84. The summed E-state index contributed by atoms with van der Waals surface area (Å²) < 4.78 is 41.8. The molecule has 8 heteroatoms. The molecule has 0 aromatic carbocycles. The van der Waals surface area contributed by atoms with Crippen molar-refractivity contribution in [3.63, 3.8) is 0 Å². The number of hydrogen-bond donors (Lipinski definition) is 1. The van der Waals surface area contributed by atoms with Gasteiger partial charge < -0.3 is 0 Å². The van der Waals surface area contributed by atoms with E-state index in [1.807, 2.05) is 4.98 Å². The van der Waals surface area contributed by atoms with Crippen LogP contribution in [0.1, 0.15) is 5.56 Å². The number of nitrogens with zero attached hydrogens (tertiary/aromatic N) is 2. The number of nitrogens with one attached hydrogen (secondary N) is 1. The first kappa shape index (κ1) is 10.4. The molecule has 2 aromatic rings. The Morgan fingerprint density at radius 1 is 1.38 bits per heavy atom. The number of aromatic nitrogens is 3. The molecule has 2 heterocycles. The predicted octanol–water partition coefficient (Wildman–Crippen LogP) is 1.44. The maximum Gasteiger partial charge on any atom is 0.439 e. The predicted molar refractivity (Wildman–Crippen MR) is 45.4 cm³/mol. The highest BCUT2D eigenvalue weighted by Gasteiger charge is 2.35. The van der Waals surface area contributed by atoms with E-state index in [1.165, 1.54) is 0 Å². The summed E-state index contributed by atoms with van der Waals surface area (Å²) in [5, 5.41) is 3.15. The molecule has 0 aliphatic carbocycles. The fourth-order valence-corrected chi connectivity index (χ4v) is 1.15. The topological polar surface area (TPSA) is 71.8 Å². The van der Waals surface area contributed by atoms with Gasteiger partial charge in [-0.2, -0.15) is 13.2 Å². The van der Waals surface area contributed by atoms with Crippen LogP contribution < -0.4 is 5.76 Å². The molecule has 84 valence electrons. The molecule has 1 N–H and O–H groups in total. The van der Waals surface area contributed by atoms with Crippen molar-refractivity contribution in [2.75, 3.05) is 0 Å². The zero-order valence-corrected chi connectivity index (χ0v) is 7.58. The zero-order valence-electron chi connectivity index (χ0n) is 7.58. The van der Waals surface area contributed by atoms with Gasteiger partial charge in [0, 0.05) is 6.20 Å². The van der Waals surface area contributed by atoms with Crippen LogP contribution in [0.25, 0.3) is 11.5 Å². The van der Waals surface area contributed by atoms with Gasteiger partial charge in [0.05, 0.1) is 5.56 Å². The van der Waals surface area contributed by atoms with Gasteiger partial charge in [0.15, 0.2) is 0 Å². The lowest BCUT2D eigenvalue weighted by Gasteiger charge is -2.08. The fourth-order valence-electron chi connectivity index (χ4n) is 1.15. The first-order chi connectivity index (χ1) is 7.48. The summed E-state index contributed by atoms with van der Waals surface area (Å²) >= 11 is 0. The van der Waals surface area contributed by atoms with Crippen LogP contribution in [0.3, 0.4) is 0 Å². The minimum Gasteiger partial charge on any atom is -0.296 e. The SMILES string of the molecule is O=c1[nH]c(-c2ncccc2C(F)(F)F)no1. The summed E-state index contributed by atoms with van der Waals surface area (Å²) in [7, 11) is 0. The molecule has 0 amide bonds. The van der Waals surface area contributed by atoms with E-state index in [9.17, 15) is 18.0 Å².